The molecule has 2 aromatic heterocycles. The molecule has 0 fully saturated rings. The molecule has 19 heavy (non-hydrogen) atoms. The Morgan fingerprint density at radius 1 is 1.26 bits per heavy atom. The highest BCUT2D eigenvalue weighted by Crippen LogP contribution is 2.28. The second-order valence-corrected chi connectivity index (χ2v) is 6.64. The van der Waals surface area contributed by atoms with E-state index in [1.807, 2.05) is 16.8 Å². The first-order valence-corrected chi connectivity index (χ1v) is 8.14. The van der Waals surface area contributed by atoms with Crippen LogP contribution in [0.3, 0.4) is 0 Å². The van der Waals surface area contributed by atoms with E-state index in [1.165, 1.54) is 14.5 Å². The Morgan fingerprint density at radius 3 is 2.95 bits per heavy atom. The average molecular weight is 288 g/mol. The summed E-state index contributed by atoms with van der Waals surface area (Å²) in [4.78, 5) is 7.14. The van der Waals surface area contributed by atoms with Gasteiger partial charge in [0.25, 0.3) is 0 Å². The van der Waals surface area contributed by atoms with Crippen molar-refractivity contribution in [3.63, 3.8) is 0 Å². The molecule has 1 atom stereocenters. The van der Waals surface area contributed by atoms with E-state index >= 15 is 0 Å². The highest BCUT2D eigenvalue weighted by Gasteiger charge is 2.08. The van der Waals surface area contributed by atoms with Gasteiger partial charge in [0.15, 0.2) is 0 Å². The Kier molecular flexibility index (Phi) is 3.53. The normalized spacial score (nSPS) is 12.7. The molecule has 3 rings (SSSR count). The lowest BCUT2D eigenvalue weighted by Crippen LogP contribution is -2.04. The van der Waals surface area contributed by atoms with E-state index in [0.717, 1.165) is 17.6 Å². The van der Waals surface area contributed by atoms with Crippen molar-refractivity contribution in [2.75, 3.05) is 5.32 Å². The van der Waals surface area contributed by atoms with Gasteiger partial charge in [0.2, 0.25) is 0 Å². The molecule has 0 amide bonds. The maximum Gasteiger partial charge on any atom is 0.0813 e. The molecular weight excluding hydrogens is 272 g/mol. The Bertz CT molecular complexity index is 684. The molecule has 0 spiro atoms. The molecule has 1 N–H and O–H groups in total. The van der Waals surface area contributed by atoms with E-state index in [9.17, 15) is 0 Å². The Morgan fingerprint density at radius 2 is 2.16 bits per heavy atom. The van der Waals surface area contributed by atoms with Gasteiger partial charge < -0.3 is 5.32 Å². The van der Waals surface area contributed by atoms with Crippen molar-refractivity contribution in [2.24, 2.45) is 0 Å². The van der Waals surface area contributed by atoms with Gasteiger partial charge in [-0.1, -0.05) is 6.92 Å². The average Bonchev–Trinajstić information content (AvgIpc) is 3.06. The summed E-state index contributed by atoms with van der Waals surface area (Å²) in [7, 11) is 0. The van der Waals surface area contributed by atoms with Crippen molar-refractivity contribution < 1.29 is 0 Å². The number of aromatic nitrogens is 1. The van der Waals surface area contributed by atoms with Gasteiger partial charge in [0, 0.05) is 15.4 Å². The van der Waals surface area contributed by atoms with E-state index in [4.69, 9.17) is 0 Å². The summed E-state index contributed by atoms with van der Waals surface area (Å²) in [5, 5.41) is 3.57. The Labute approximate surface area is 121 Å². The summed E-state index contributed by atoms with van der Waals surface area (Å²) in [6.07, 6.45) is 1.12. The molecule has 0 aliphatic carbocycles. The van der Waals surface area contributed by atoms with Gasteiger partial charge in [-0.3, -0.25) is 0 Å². The minimum atomic E-state index is 0.343. The van der Waals surface area contributed by atoms with Crippen LogP contribution < -0.4 is 5.32 Å². The number of aryl methyl sites for hydroxylation is 1. The van der Waals surface area contributed by atoms with E-state index in [-0.39, 0.29) is 0 Å². The summed E-state index contributed by atoms with van der Waals surface area (Å²) in [5.74, 6) is 0. The topological polar surface area (TPSA) is 24.9 Å². The van der Waals surface area contributed by atoms with Crippen LogP contribution in [0.2, 0.25) is 0 Å². The lowest BCUT2D eigenvalue weighted by Gasteiger charge is -2.13. The van der Waals surface area contributed by atoms with Crippen LogP contribution in [0.1, 0.15) is 29.6 Å². The maximum absolute atomic E-state index is 4.30. The molecule has 0 aliphatic heterocycles. The smallest absolute Gasteiger partial charge is 0.0813 e. The van der Waals surface area contributed by atoms with Crippen LogP contribution in [0.15, 0.2) is 35.8 Å². The number of nitrogens with zero attached hydrogens (tertiary/aromatic N) is 1. The maximum atomic E-state index is 4.30. The van der Waals surface area contributed by atoms with Gasteiger partial charge in [0.1, 0.15) is 0 Å². The van der Waals surface area contributed by atoms with Crippen LogP contribution >= 0.6 is 22.7 Å². The zero-order valence-corrected chi connectivity index (χ0v) is 12.6. The van der Waals surface area contributed by atoms with E-state index in [2.05, 4.69) is 54.5 Å². The number of anilines is 1. The molecule has 4 heteroatoms. The second kappa shape index (κ2) is 5.31. The molecule has 3 aromatic rings. The number of hydrogen-bond donors (Lipinski definition) is 1. The lowest BCUT2D eigenvalue weighted by molar-refractivity contribution is 0.909. The SMILES string of the molecule is CCc1ccc(C(C)Nc2ccc3ncsc3c2)s1. The van der Waals surface area contributed by atoms with Crippen molar-refractivity contribution in [2.45, 2.75) is 26.3 Å². The number of thiophene rings is 1. The zero-order chi connectivity index (χ0) is 13.2. The fourth-order valence-corrected chi connectivity index (χ4v) is 3.75. The fraction of sp³-hybridized carbons (Fsp3) is 0.267. The summed E-state index contributed by atoms with van der Waals surface area (Å²) in [6.45, 7) is 4.41. The van der Waals surface area contributed by atoms with Gasteiger partial charge in [-0.25, -0.2) is 4.98 Å². The van der Waals surface area contributed by atoms with Gasteiger partial charge in [0.05, 0.1) is 21.8 Å². The third-order valence-electron chi connectivity index (χ3n) is 3.17. The van der Waals surface area contributed by atoms with Crippen molar-refractivity contribution in [1.29, 1.82) is 0 Å². The molecule has 98 valence electrons. The van der Waals surface area contributed by atoms with Crippen LogP contribution in [0.25, 0.3) is 10.2 Å². The molecule has 0 bridgehead atoms. The Hall–Kier alpha value is -1.39. The number of fused-ring (bicyclic) bond motifs is 1. The third-order valence-corrected chi connectivity index (χ3v) is 5.38. The summed E-state index contributed by atoms with van der Waals surface area (Å²) in [6, 6.07) is 11.2. The zero-order valence-electron chi connectivity index (χ0n) is 11.0. The predicted molar refractivity (Wildman–Crippen MR) is 85.4 cm³/mol. The first kappa shape index (κ1) is 12.6. The first-order valence-electron chi connectivity index (χ1n) is 6.44. The molecule has 0 aliphatic rings. The number of benzene rings is 1. The minimum Gasteiger partial charge on any atom is -0.378 e. The third kappa shape index (κ3) is 2.65. The van der Waals surface area contributed by atoms with Crippen molar-refractivity contribution in [1.82, 2.24) is 4.98 Å². The first-order chi connectivity index (χ1) is 9.26. The van der Waals surface area contributed by atoms with Gasteiger partial charge in [-0.05, 0) is 43.7 Å². The van der Waals surface area contributed by atoms with Crippen LogP contribution in [0.4, 0.5) is 5.69 Å². The van der Waals surface area contributed by atoms with Crippen LogP contribution in [-0.2, 0) is 6.42 Å². The molecule has 0 saturated carbocycles. The molecule has 1 aromatic carbocycles. The predicted octanol–water partition coefficient (Wildman–Crippen LogP) is 5.09. The monoisotopic (exact) mass is 288 g/mol. The Balaban J connectivity index is 1.79. The highest BCUT2D eigenvalue weighted by atomic mass is 32.1. The standard InChI is InChI=1S/C15H16N2S2/c1-3-12-5-7-14(19-12)10(2)17-11-4-6-13-15(8-11)18-9-16-13/h4-10,17H,3H2,1-2H3. The molecule has 0 radical (unpaired) electrons. The lowest BCUT2D eigenvalue weighted by atomic mass is 10.2. The number of rotatable bonds is 4. The van der Waals surface area contributed by atoms with E-state index in [0.29, 0.717) is 6.04 Å². The second-order valence-electron chi connectivity index (χ2n) is 4.56. The molecule has 2 heterocycles. The van der Waals surface area contributed by atoms with Crippen molar-refractivity contribution in [3.05, 3.63) is 45.6 Å². The van der Waals surface area contributed by atoms with Crippen LogP contribution in [0, 0.1) is 0 Å². The summed E-state index contributed by atoms with van der Waals surface area (Å²) < 4.78 is 1.23. The fourth-order valence-electron chi connectivity index (χ4n) is 2.08. The quantitative estimate of drug-likeness (QED) is 0.723. The largest absolute Gasteiger partial charge is 0.378 e. The minimum absolute atomic E-state index is 0.343. The van der Waals surface area contributed by atoms with E-state index in [1.54, 1.807) is 11.3 Å². The summed E-state index contributed by atoms with van der Waals surface area (Å²) >= 11 is 3.58. The van der Waals surface area contributed by atoms with Gasteiger partial charge in [-0.15, -0.1) is 22.7 Å². The molecule has 0 saturated heterocycles. The molecule has 1 unspecified atom stereocenters. The number of hydrogen-bond acceptors (Lipinski definition) is 4. The van der Waals surface area contributed by atoms with Crippen LogP contribution in [-0.4, -0.2) is 4.98 Å². The number of nitrogens with one attached hydrogen (secondary N) is 1. The van der Waals surface area contributed by atoms with Crippen molar-refractivity contribution >= 4 is 38.6 Å². The highest BCUT2D eigenvalue weighted by molar-refractivity contribution is 7.16. The van der Waals surface area contributed by atoms with Crippen molar-refractivity contribution in [3.8, 4) is 0 Å². The number of thiazole rings is 1. The van der Waals surface area contributed by atoms with Gasteiger partial charge >= 0.3 is 0 Å². The molecule has 2 nitrogen and oxygen atoms in total. The summed E-state index contributed by atoms with van der Waals surface area (Å²) in [5.41, 5.74) is 4.13. The van der Waals surface area contributed by atoms with E-state index < -0.39 is 0 Å². The van der Waals surface area contributed by atoms with Crippen LogP contribution in [0.5, 0.6) is 0 Å². The molecular formula is C15H16N2S2. The van der Waals surface area contributed by atoms with Gasteiger partial charge in [-0.2, -0.15) is 0 Å².